The van der Waals surface area contributed by atoms with Gasteiger partial charge in [0.2, 0.25) is 5.43 Å². The van der Waals surface area contributed by atoms with E-state index in [0.717, 1.165) is 4.90 Å². The smallest absolute Gasteiger partial charge is 0.261 e. The maximum atomic E-state index is 12.4. The van der Waals surface area contributed by atoms with Crippen LogP contribution < -0.4 is 10.7 Å². The summed E-state index contributed by atoms with van der Waals surface area (Å²) in [6.07, 6.45) is 3.40. The van der Waals surface area contributed by atoms with Crippen molar-refractivity contribution in [2.75, 3.05) is 11.6 Å². The maximum absolute atomic E-state index is 12.4. The molecule has 0 aliphatic rings. The Morgan fingerprint density at radius 2 is 1.82 bits per heavy atom. The van der Waals surface area contributed by atoms with Crippen LogP contribution in [0, 0.1) is 0 Å². The fourth-order valence-corrected chi connectivity index (χ4v) is 2.83. The number of carbonyl (C=O) groups is 1. The third-order valence-electron chi connectivity index (χ3n) is 3.39. The van der Waals surface area contributed by atoms with Crippen LogP contribution in [-0.4, -0.2) is 17.1 Å². The summed E-state index contributed by atoms with van der Waals surface area (Å²) in [5, 5.41) is 3.31. The van der Waals surface area contributed by atoms with Crippen molar-refractivity contribution in [2.45, 2.75) is 4.90 Å². The predicted octanol–water partition coefficient (Wildman–Crippen LogP) is 3.50. The minimum Gasteiger partial charge on any atom is -0.360 e. The average molecular weight is 310 g/mol. The number of nitrogens with one attached hydrogen (secondary N) is 2. The molecule has 0 bridgehead atoms. The van der Waals surface area contributed by atoms with Crippen molar-refractivity contribution in [3.8, 4) is 0 Å². The molecule has 0 saturated carbocycles. The SMILES string of the molecule is CSc1ccccc1NC(=O)c1c[nH]c2ccccc2c1=O. The highest BCUT2D eigenvalue weighted by Gasteiger charge is 2.14. The van der Waals surface area contributed by atoms with E-state index in [-0.39, 0.29) is 11.0 Å². The number of benzene rings is 2. The number of aromatic nitrogens is 1. The van der Waals surface area contributed by atoms with Gasteiger partial charge in [-0.05, 0) is 30.5 Å². The number of H-pyrrole nitrogens is 1. The van der Waals surface area contributed by atoms with E-state index >= 15 is 0 Å². The van der Waals surface area contributed by atoms with Crippen LogP contribution in [0.1, 0.15) is 10.4 Å². The Morgan fingerprint density at radius 3 is 2.64 bits per heavy atom. The molecule has 0 atom stereocenters. The second kappa shape index (κ2) is 6.07. The Balaban J connectivity index is 1.99. The number of fused-ring (bicyclic) bond motifs is 1. The lowest BCUT2D eigenvalue weighted by Gasteiger charge is -2.09. The van der Waals surface area contributed by atoms with Crippen LogP contribution in [0.2, 0.25) is 0 Å². The van der Waals surface area contributed by atoms with Crippen molar-refractivity contribution in [3.63, 3.8) is 0 Å². The Labute approximate surface area is 131 Å². The second-order valence-corrected chi connectivity index (χ2v) is 5.58. The van der Waals surface area contributed by atoms with E-state index < -0.39 is 5.91 Å². The molecule has 0 radical (unpaired) electrons. The first-order chi connectivity index (χ1) is 10.7. The van der Waals surface area contributed by atoms with Crippen LogP contribution in [0.4, 0.5) is 5.69 Å². The van der Waals surface area contributed by atoms with Crippen LogP contribution in [0.3, 0.4) is 0 Å². The molecule has 0 unspecified atom stereocenters. The second-order valence-electron chi connectivity index (χ2n) is 4.73. The van der Waals surface area contributed by atoms with Crippen LogP contribution in [0.15, 0.2) is 64.4 Å². The number of thioether (sulfide) groups is 1. The molecule has 3 aromatic rings. The number of para-hydroxylation sites is 2. The van der Waals surface area contributed by atoms with Gasteiger partial charge in [0.1, 0.15) is 5.56 Å². The van der Waals surface area contributed by atoms with E-state index in [9.17, 15) is 9.59 Å². The van der Waals surface area contributed by atoms with Crippen LogP contribution in [-0.2, 0) is 0 Å². The number of aromatic amines is 1. The van der Waals surface area contributed by atoms with E-state index in [0.29, 0.717) is 16.6 Å². The Hall–Kier alpha value is -2.53. The molecule has 5 heteroatoms. The summed E-state index contributed by atoms with van der Waals surface area (Å²) in [6, 6.07) is 14.6. The van der Waals surface area contributed by atoms with E-state index in [2.05, 4.69) is 10.3 Å². The predicted molar refractivity (Wildman–Crippen MR) is 90.7 cm³/mol. The number of rotatable bonds is 3. The molecular weight excluding hydrogens is 296 g/mol. The minimum atomic E-state index is -0.409. The molecule has 1 aromatic heterocycles. The fraction of sp³-hybridized carbons (Fsp3) is 0.0588. The number of hydrogen-bond donors (Lipinski definition) is 2. The summed E-state index contributed by atoms with van der Waals surface area (Å²) in [5.41, 5.74) is 1.25. The molecule has 110 valence electrons. The summed E-state index contributed by atoms with van der Waals surface area (Å²) in [4.78, 5) is 28.8. The summed E-state index contributed by atoms with van der Waals surface area (Å²) in [7, 11) is 0. The van der Waals surface area contributed by atoms with Gasteiger partial charge in [-0.3, -0.25) is 9.59 Å². The summed E-state index contributed by atoms with van der Waals surface area (Å²) in [5.74, 6) is -0.409. The zero-order valence-corrected chi connectivity index (χ0v) is 12.7. The van der Waals surface area contributed by atoms with E-state index in [1.165, 1.54) is 18.0 Å². The van der Waals surface area contributed by atoms with Crippen molar-refractivity contribution in [3.05, 3.63) is 70.5 Å². The normalized spacial score (nSPS) is 10.6. The van der Waals surface area contributed by atoms with Gasteiger partial charge in [-0.1, -0.05) is 24.3 Å². The van der Waals surface area contributed by atoms with Crippen molar-refractivity contribution in [1.29, 1.82) is 0 Å². The molecule has 0 fully saturated rings. The van der Waals surface area contributed by atoms with Crippen LogP contribution in [0.25, 0.3) is 10.9 Å². The minimum absolute atomic E-state index is 0.106. The van der Waals surface area contributed by atoms with Gasteiger partial charge < -0.3 is 10.3 Å². The van der Waals surface area contributed by atoms with Crippen LogP contribution >= 0.6 is 11.8 Å². The van der Waals surface area contributed by atoms with Gasteiger partial charge in [0.15, 0.2) is 0 Å². The summed E-state index contributed by atoms with van der Waals surface area (Å²) >= 11 is 1.54. The number of carbonyl (C=O) groups excluding carboxylic acids is 1. The zero-order chi connectivity index (χ0) is 15.5. The largest absolute Gasteiger partial charge is 0.360 e. The third-order valence-corrected chi connectivity index (χ3v) is 4.18. The van der Waals surface area contributed by atoms with Crippen molar-refractivity contribution < 1.29 is 4.79 Å². The Morgan fingerprint density at radius 1 is 1.09 bits per heavy atom. The van der Waals surface area contributed by atoms with E-state index in [4.69, 9.17) is 0 Å². The zero-order valence-electron chi connectivity index (χ0n) is 11.9. The number of amides is 1. The molecule has 1 amide bonds. The van der Waals surface area contributed by atoms with Gasteiger partial charge in [-0.25, -0.2) is 0 Å². The molecule has 2 aromatic carbocycles. The highest BCUT2D eigenvalue weighted by molar-refractivity contribution is 7.98. The van der Waals surface area contributed by atoms with E-state index in [1.54, 1.807) is 18.2 Å². The topological polar surface area (TPSA) is 62.0 Å². The van der Waals surface area contributed by atoms with Crippen LogP contribution in [0.5, 0.6) is 0 Å². The lowest BCUT2D eigenvalue weighted by Crippen LogP contribution is -2.22. The molecule has 0 spiro atoms. The quantitative estimate of drug-likeness (QED) is 0.728. The van der Waals surface area contributed by atoms with Gasteiger partial charge in [0, 0.05) is 22.0 Å². The first-order valence-corrected chi connectivity index (χ1v) is 7.98. The molecule has 3 rings (SSSR count). The average Bonchev–Trinajstić information content (AvgIpc) is 2.56. The van der Waals surface area contributed by atoms with E-state index in [1.807, 2.05) is 36.6 Å². The fourth-order valence-electron chi connectivity index (χ4n) is 2.27. The van der Waals surface area contributed by atoms with Gasteiger partial charge in [0.25, 0.3) is 5.91 Å². The van der Waals surface area contributed by atoms with Gasteiger partial charge in [-0.2, -0.15) is 0 Å². The summed E-state index contributed by atoms with van der Waals surface area (Å²) < 4.78 is 0. The molecule has 0 aliphatic heterocycles. The number of anilines is 1. The monoisotopic (exact) mass is 310 g/mol. The molecule has 22 heavy (non-hydrogen) atoms. The summed E-state index contributed by atoms with van der Waals surface area (Å²) in [6.45, 7) is 0. The standard InChI is InChI=1S/C17H14N2O2S/c1-22-15-9-5-4-8-14(15)19-17(21)12-10-18-13-7-3-2-6-11(13)16(12)20/h2-10H,1H3,(H,18,20)(H,19,21). The lowest BCUT2D eigenvalue weighted by molar-refractivity contribution is 0.102. The van der Waals surface area contributed by atoms with Gasteiger partial charge >= 0.3 is 0 Å². The molecular formula is C17H14N2O2S. The van der Waals surface area contributed by atoms with Crippen molar-refractivity contribution >= 4 is 34.3 Å². The van der Waals surface area contributed by atoms with Crippen molar-refractivity contribution in [2.24, 2.45) is 0 Å². The Bertz CT molecular complexity index is 902. The molecule has 1 heterocycles. The highest BCUT2D eigenvalue weighted by Crippen LogP contribution is 2.24. The highest BCUT2D eigenvalue weighted by atomic mass is 32.2. The molecule has 4 nitrogen and oxygen atoms in total. The maximum Gasteiger partial charge on any atom is 0.261 e. The molecule has 2 N–H and O–H groups in total. The lowest BCUT2D eigenvalue weighted by atomic mass is 10.1. The number of pyridine rings is 1. The first kappa shape index (κ1) is 14.4. The molecule has 0 aliphatic carbocycles. The van der Waals surface area contributed by atoms with Gasteiger partial charge in [-0.15, -0.1) is 11.8 Å². The Kier molecular flexibility index (Phi) is 3.98. The third kappa shape index (κ3) is 2.63. The number of hydrogen-bond acceptors (Lipinski definition) is 3. The van der Waals surface area contributed by atoms with Gasteiger partial charge in [0.05, 0.1) is 5.69 Å². The van der Waals surface area contributed by atoms with Crippen molar-refractivity contribution in [1.82, 2.24) is 4.98 Å². The molecule has 0 saturated heterocycles. The first-order valence-electron chi connectivity index (χ1n) is 6.75.